The number of carbonyl (C=O) groups is 2. The predicted molar refractivity (Wildman–Crippen MR) is 71.7 cm³/mol. The summed E-state index contributed by atoms with van der Waals surface area (Å²) in [6, 6.07) is 4.83. The number of anilines is 1. The lowest BCUT2D eigenvalue weighted by Gasteiger charge is -2.24. The van der Waals surface area contributed by atoms with Crippen molar-refractivity contribution in [1.29, 1.82) is 0 Å². The molecule has 0 bridgehead atoms. The molecule has 0 fully saturated rings. The maximum Gasteiger partial charge on any atom is 0.308 e. The zero-order valence-corrected chi connectivity index (χ0v) is 11.0. The molecule has 1 amide bonds. The van der Waals surface area contributed by atoms with E-state index in [1.165, 1.54) is 0 Å². The Hall–Kier alpha value is -1.88. The molecule has 5 heteroatoms. The first-order chi connectivity index (χ1) is 8.90. The molecular weight excluding hydrogens is 244 g/mol. The van der Waals surface area contributed by atoms with Gasteiger partial charge in [0.05, 0.1) is 12.3 Å². The number of carboxylic acid groups (broad SMARTS) is 1. The second kappa shape index (κ2) is 5.01. The Balaban J connectivity index is 2.29. The van der Waals surface area contributed by atoms with E-state index in [2.05, 4.69) is 5.32 Å². The summed E-state index contributed by atoms with van der Waals surface area (Å²) in [5.74, 6) is -1.62. The van der Waals surface area contributed by atoms with Gasteiger partial charge in [0.15, 0.2) is 0 Å². The molecule has 1 aromatic carbocycles. The summed E-state index contributed by atoms with van der Waals surface area (Å²) in [6.07, 6.45) is 0.329. The summed E-state index contributed by atoms with van der Waals surface area (Å²) in [6.45, 7) is 3.69. The van der Waals surface area contributed by atoms with Gasteiger partial charge in [0.25, 0.3) is 0 Å². The number of aliphatic carboxylic acids is 1. The average molecular weight is 262 g/mol. The fraction of sp³-hybridized carbons (Fsp3) is 0.429. The summed E-state index contributed by atoms with van der Waals surface area (Å²) in [5, 5.41) is 12.0. The fourth-order valence-electron chi connectivity index (χ4n) is 2.52. The van der Waals surface area contributed by atoms with Crippen LogP contribution < -0.4 is 11.1 Å². The summed E-state index contributed by atoms with van der Waals surface area (Å²) >= 11 is 0. The normalized spacial score (nSPS) is 16.9. The van der Waals surface area contributed by atoms with Crippen molar-refractivity contribution in [3.63, 3.8) is 0 Å². The van der Waals surface area contributed by atoms with Crippen LogP contribution in [0.4, 0.5) is 5.69 Å². The Morgan fingerprint density at radius 2 is 2.11 bits per heavy atom. The molecule has 1 aliphatic rings. The molecule has 0 aromatic heterocycles. The number of hydrogen-bond acceptors (Lipinski definition) is 3. The first-order valence-electron chi connectivity index (χ1n) is 6.31. The van der Waals surface area contributed by atoms with E-state index in [0.717, 1.165) is 16.8 Å². The van der Waals surface area contributed by atoms with Crippen LogP contribution in [0.1, 0.15) is 31.0 Å². The van der Waals surface area contributed by atoms with E-state index in [-0.39, 0.29) is 11.8 Å². The molecule has 19 heavy (non-hydrogen) atoms. The largest absolute Gasteiger partial charge is 0.481 e. The third-order valence-corrected chi connectivity index (χ3v) is 3.53. The lowest BCUT2D eigenvalue weighted by molar-refractivity contribution is -0.144. The molecule has 5 nitrogen and oxygen atoms in total. The van der Waals surface area contributed by atoms with Crippen LogP contribution >= 0.6 is 0 Å². The highest BCUT2D eigenvalue weighted by atomic mass is 16.4. The minimum absolute atomic E-state index is 0.0423. The molecule has 0 saturated heterocycles. The maximum absolute atomic E-state index is 11.3. The summed E-state index contributed by atoms with van der Waals surface area (Å²) in [5.41, 5.74) is 8.51. The molecule has 4 N–H and O–H groups in total. The van der Waals surface area contributed by atoms with Crippen LogP contribution in [0, 0.1) is 11.8 Å². The van der Waals surface area contributed by atoms with Gasteiger partial charge in [-0.05, 0) is 23.1 Å². The van der Waals surface area contributed by atoms with E-state index >= 15 is 0 Å². The number of carboxylic acids is 1. The number of hydrogen-bond donors (Lipinski definition) is 3. The Kier molecular flexibility index (Phi) is 3.57. The van der Waals surface area contributed by atoms with E-state index in [4.69, 9.17) is 5.73 Å². The first kappa shape index (κ1) is 13.5. The van der Waals surface area contributed by atoms with Gasteiger partial charge in [0.2, 0.25) is 5.91 Å². The Bertz CT molecular complexity index is 525. The molecule has 102 valence electrons. The van der Waals surface area contributed by atoms with Gasteiger partial charge in [0, 0.05) is 11.7 Å². The van der Waals surface area contributed by atoms with Crippen molar-refractivity contribution >= 4 is 17.6 Å². The summed E-state index contributed by atoms with van der Waals surface area (Å²) in [4.78, 5) is 22.6. The zero-order valence-electron chi connectivity index (χ0n) is 11.0. The van der Waals surface area contributed by atoms with Gasteiger partial charge in [0.1, 0.15) is 0 Å². The third kappa shape index (κ3) is 2.61. The van der Waals surface area contributed by atoms with Gasteiger partial charge in [-0.3, -0.25) is 9.59 Å². The molecule has 0 radical (unpaired) electrons. The highest BCUT2D eigenvalue weighted by molar-refractivity contribution is 5.99. The Labute approximate surface area is 111 Å². The quantitative estimate of drug-likeness (QED) is 0.767. The van der Waals surface area contributed by atoms with Gasteiger partial charge >= 0.3 is 5.97 Å². The predicted octanol–water partition coefficient (Wildman–Crippen LogP) is 1.54. The van der Waals surface area contributed by atoms with Crippen LogP contribution in [-0.4, -0.2) is 17.0 Å². The van der Waals surface area contributed by atoms with Crippen LogP contribution in [-0.2, 0) is 16.0 Å². The molecule has 0 aliphatic carbocycles. The molecule has 1 aromatic rings. The van der Waals surface area contributed by atoms with Crippen molar-refractivity contribution in [3.05, 3.63) is 29.3 Å². The lowest BCUT2D eigenvalue weighted by atomic mass is 9.84. The zero-order chi connectivity index (χ0) is 14.2. The third-order valence-electron chi connectivity index (χ3n) is 3.53. The molecule has 2 unspecified atom stereocenters. The monoisotopic (exact) mass is 262 g/mol. The second-order valence-corrected chi connectivity index (χ2v) is 5.28. The first-order valence-corrected chi connectivity index (χ1v) is 6.31. The number of fused-ring (bicyclic) bond motifs is 1. The van der Waals surface area contributed by atoms with Crippen molar-refractivity contribution in [2.45, 2.75) is 26.3 Å². The average Bonchev–Trinajstić information content (AvgIpc) is 2.66. The highest BCUT2D eigenvalue weighted by Crippen LogP contribution is 2.31. The molecule has 0 saturated carbocycles. The molecule has 2 rings (SSSR count). The van der Waals surface area contributed by atoms with Crippen molar-refractivity contribution in [3.8, 4) is 0 Å². The van der Waals surface area contributed by atoms with Gasteiger partial charge < -0.3 is 16.2 Å². The van der Waals surface area contributed by atoms with Crippen molar-refractivity contribution in [2.75, 3.05) is 5.32 Å². The van der Waals surface area contributed by atoms with Crippen molar-refractivity contribution < 1.29 is 14.7 Å². The topological polar surface area (TPSA) is 92.4 Å². The molecular formula is C14H18N2O3. The smallest absolute Gasteiger partial charge is 0.308 e. The van der Waals surface area contributed by atoms with Crippen LogP contribution in [0.15, 0.2) is 18.2 Å². The van der Waals surface area contributed by atoms with E-state index in [9.17, 15) is 14.7 Å². The summed E-state index contributed by atoms with van der Waals surface area (Å²) in [7, 11) is 0. The van der Waals surface area contributed by atoms with Gasteiger partial charge in [-0.15, -0.1) is 0 Å². The van der Waals surface area contributed by atoms with E-state index in [1.807, 2.05) is 19.9 Å². The number of nitrogens with one attached hydrogen (secondary N) is 1. The maximum atomic E-state index is 11.3. The SMILES string of the molecule is CC(C)C(C(=O)O)C(N)c1ccc2c(c1)CC(=O)N2. The van der Waals surface area contributed by atoms with Gasteiger partial charge in [-0.2, -0.15) is 0 Å². The summed E-state index contributed by atoms with van der Waals surface area (Å²) < 4.78 is 0. The van der Waals surface area contributed by atoms with E-state index in [0.29, 0.717) is 6.42 Å². The van der Waals surface area contributed by atoms with Crippen LogP contribution in [0.3, 0.4) is 0 Å². The number of amides is 1. The van der Waals surface area contributed by atoms with Gasteiger partial charge in [-0.25, -0.2) is 0 Å². The number of benzene rings is 1. The minimum atomic E-state index is -0.891. The van der Waals surface area contributed by atoms with Crippen LogP contribution in [0.25, 0.3) is 0 Å². The Morgan fingerprint density at radius 1 is 1.42 bits per heavy atom. The number of carbonyl (C=O) groups excluding carboxylic acids is 1. The lowest BCUT2D eigenvalue weighted by Crippen LogP contribution is -2.32. The van der Waals surface area contributed by atoms with E-state index in [1.54, 1.807) is 12.1 Å². The Morgan fingerprint density at radius 3 is 2.68 bits per heavy atom. The van der Waals surface area contributed by atoms with E-state index < -0.39 is 17.9 Å². The van der Waals surface area contributed by atoms with Crippen molar-refractivity contribution in [2.24, 2.45) is 17.6 Å². The standard InChI is InChI=1S/C14H18N2O3/c1-7(2)12(14(18)19)13(15)8-3-4-10-9(5-8)6-11(17)16-10/h3-5,7,12-13H,6,15H2,1-2H3,(H,16,17)(H,18,19). The van der Waals surface area contributed by atoms with Crippen molar-refractivity contribution in [1.82, 2.24) is 0 Å². The minimum Gasteiger partial charge on any atom is -0.481 e. The van der Waals surface area contributed by atoms with Gasteiger partial charge in [-0.1, -0.05) is 26.0 Å². The second-order valence-electron chi connectivity index (χ2n) is 5.28. The number of nitrogens with two attached hydrogens (primary N) is 1. The van der Waals surface area contributed by atoms with Crippen LogP contribution in [0.2, 0.25) is 0 Å². The molecule has 1 aliphatic heterocycles. The molecule has 2 atom stereocenters. The molecule has 0 spiro atoms. The molecule has 1 heterocycles. The highest BCUT2D eigenvalue weighted by Gasteiger charge is 2.30. The number of rotatable bonds is 4. The fourth-order valence-corrected chi connectivity index (χ4v) is 2.52. The van der Waals surface area contributed by atoms with Crippen LogP contribution in [0.5, 0.6) is 0 Å².